The molecule has 0 bridgehead atoms. The number of aryl methyl sites for hydroxylation is 1. The second kappa shape index (κ2) is 4.64. The van der Waals surface area contributed by atoms with Crippen LogP contribution in [-0.2, 0) is 0 Å². The van der Waals surface area contributed by atoms with E-state index in [0.717, 1.165) is 20.9 Å². The fourth-order valence-corrected chi connectivity index (χ4v) is 2.79. The zero-order chi connectivity index (χ0) is 13.4. The molecular formula is C12H10ClN5S. The maximum Gasteiger partial charge on any atom is 0.189 e. The maximum absolute atomic E-state index is 5.85. The third kappa shape index (κ3) is 2.20. The zero-order valence-electron chi connectivity index (χ0n) is 10.0. The van der Waals surface area contributed by atoms with Gasteiger partial charge < -0.3 is 11.1 Å². The number of aromatic nitrogens is 3. The van der Waals surface area contributed by atoms with Crippen molar-refractivity contribution < 1.29 is 0 Å². The molecule has 19 heavy (non-hydrogen) atoms. The smallest absolute Gasteiger partial charge is 0.189 e. The Morgan fingerprint density at radius 3 is 2.95 bits per heavy atom. The van der Waals surface area contributed by atoms with Gasteiger partial charge in [0.1, 0.15) is 12.0 Å². The molecule has 0 radical (unpaired) electrons. The molecule has 96 valence electrons. The minimum absolute atomic E-state index is 0.231. The number of nitrogens with one attached hydrogen (secondary N) is 1. The molecule has 0 saturated heterocycles. The number of benzene rings is 1. The van der Waals surface area contributed by atoms with Gasteiger partial charge in [0.05, 0.1) is 10.2 Å². The molecule has 0 spiro atoms. The monoisotopic (exact) mass is 291 g/mol. The van der Waals surface area contributed by atoms with Crippen LogP contribution in [0.3, 0.4) is 0 Å². The summed E-state index contributed by atoms with van der Waals surface area (Å²) in [6.07, 6.45) is 1.36. The van der Waals surface area contributed by atoms with Crippen LogP contribution in [-0.4, -0.2) is 15.0 Å². The molecule has 0 atom stereocenters. The van der Waals surface area contributed by atoms with Crippen molar-refractivity contribution in [3.8, 4) is 0 Å². The van der Waals surface area contributed by atoms with Crippen LogP contribution in [0.25, 0.3) is 10.2 Å². The van der Waals surface area contributed by atoms with Gasteiger partial charge in [0, 0.05) is 0 Å². The Labute approximate surface area is 118 Å². The topological polar surface area (TPSA) is 76.7 Å². The van der Waals surface area contributed by atoms with Crippen LogP contribution in [0.15, 0.2) is 24.5 Å². The molecule has 3 N–H and O–H groups in total. The summed E-state index contributed by atoms with van der Waals surface area (Å²) in [4.78, 5) is 12.4. The second-order valence-electron chi connectivity index (χ2n) is 3.99. The first kappa shape index (κ1) is 12.1. The quantitative estimate of drug-likeness (QED) is 0.708. The first-order valence-corrected chi connectivity index (χ1v) is 6.74. The van der Waals surface area contributed by atoms with Crippen molar-refractivity contribution in [2.45, 2.75) is 6.92 Å². The zero-order valence-corrected chi connectivity index (χ0v) is 11.6. The van der Waals surface area contributed by atoms with Crippen LogP contribution in [0.4, 0.5) is 16.6 Å². The average Bonchev–Trinajstić information content (AvgIpc) is 2.79. The molecule has 0 fully saturated rings. The highest BCUT2D eigenvalue weighted by Crippen LogP contribution is 2.31. The van der Waals surface area contributed by atoms with Crippen molar-refractivity contribution in [1.82, 2.24) is 15.0 Å². The van der Waals surface area contributed by atoms with E-state index in [9.17, 15) is 0 Å². The number of hydrogen-bond acceptors (Lipinski definition) is 6. The van der Waals surface area contributed by atoms with Crippen LogP contribution >= 0.6 is 22.9 Å². The van der Waals surface area contributed by atoms with Gasteiger partial charge in [0.15, 0.2) is 16.1 Å². The van der Waals surface area contributed by atoms with Gasteiger partial charge in [-0.15, -0.1) is 0 Å². The van der Waals surface area contributed by atoms with E-state index in [4.69, 9.17) is 17.3 Å². The van der Waals surface area contributed by atoms with E-state index in [1.165, 1.54) is 17.7 Å². The summed E-state index contributed by atoms with van der Waals surface area (Å²) in [5.41, 5.74) is 8.25. The van der Waals surface area contributed by atoms with Gasteiger partial charge in [-0.1, -0.05) is 35.1 Å². The Morgan fingerprint density at radius 1 is 1.32 bits per heavy atom. The van der Waals surface area contributed by atoms with Gasteiger partial charge in [0.2, 0.25) is 0 Å². The Balaban J connectivity index is 2.02. The maximum atomic E-state index is 5.85. The lowest BCUT2D eigenvalue weighted by Crippen LogP contribution is -2.00. The molecule has 3 rings (SSSR count). The number of nitrogens with two attached hydrogens (primary N) is 1. The lowest BCUT2D eigenvalue weighted by molar-refractivity contribution is 1.17. The number of halogens is 1. The lowest BCUT2D eigenvalue weighted by atomic mass is 10.2. The molecular weight excluding hydrogens is 282 g/mol. The number of hydrogen-bond donors (Lipinski definition) is 2. The molecule has 1 aromatic carbocycles. The average molecular weight is 292 g/mol. The van der Waals surface area contributed by atoms with E-state index in [0.29, 0.717) is 11.5 Å². The Hall–Kier alpha value is -1.92. The fourth-order valence-electron chi connectivity index (χ4n) is 1.71. The number of rotatable bonds is 2. The van der Waals surface area contributed by atoms with Crippen LogP contribution in [0.5, 0.6) is 0 Å². The molecule has 7 heteroatoms. The summed E-state index contributed by atoms with van der Waals surface area (Å²) in [6.45, 7) is 2.03. The Kier molecular flexibility index (Phi) is 2.96. The van der Waals surface area contributed by atoms with Gasteiger partial charge in [0.25, 0.3) is 0 Å². The fraction of sp³-hybridized carbons (Fsp3) is 0.0833. The third-order valence-electron chi connectivity index (χ3n) is 2.68. The van der Waals surface area contributed by atoms with E-state index in [-0.39, 0.29) is 5.15 Å². The van der Waals surface area contributed by atoms with Gasteiger partial charge in [-0.05, 0) is 18.6 Å². The van der Waals surface area contributed by atoms with Gasteiger partial charge in [-0.3, -0.25) is 0 Å². The van der Waals surface area contributed by atoms with Crippen LogP contribution in [0, 0.1) is 6.92 Å². The second-order valence-corrected chi connectivity index (χ2v) is 5.38. The molecule has 0 unspecified atom stereocenters. The number of nitrogen functional groups attached to an aromatic ring is 1. The summed E-state index contributed by atoms with van der Waals surface area (Å²) in [5.74, 6) is 0.469. The minimum atomic E-state index is 0.231. The lowest BCUT2D eigenvalue weighted by Gasteiger charge is -2.04. The molecule has 2 aromatic heterocycles. The summed E-state index contributed by atoms with van der Waals surface area (Å²) in [5, 5.41) is 4.04. The highest BCUT2D eigenvalue weighted by Gasteiger charge is 2.10. The van der Waals surface area contributed by atoms with Crippen LogP contribution in [0.2, 0.25) is 5.15 Å². The Morgan fingerprint density at radius 2 is 2.16 bits per heavy atom. The molecule has 5 nitrogen and oxygen atoms in total. The van der Waals surface area contributed by atoms with Crippen molar-refractivity contribution in [1.29, 1.82) is 0 Å². The summed E-state index contributed by atoms with van der Waals surface area (Å²) < 4.78 is 1.11. The molecule has 0 aliphatic heterocycles. The van der Waals surface area contributed by atoms with E-state index < -0.39 is 0 Å². The molecule has 0 aliphatic rings. The van der Waals surface area contributed by atoms with E-state index in [1.54, 1.807) is 0 Å². The molecule has 2 heterocycles. The number of fused-ring (bicyclic) bond motifs is 1. The normalized spacial score (nSPS) is 10.8. The van der Waals surface area contributed by atoms with E-state index >= 15 is 0 Å². The van der Waals surface area contributed by atoms with Crippen molar-refractivity contribution in [2.75, 3.05) is 11.1 Å². The highest BCUT2D eigenvalue weighted by molar-refractivity contribution is 7.22. The van der Waals surface area contributed by atoms with E-state index in [2.05, 4.69) is 20.3 Å². The van der Waals surface area contributed by atoms with E-state index in [1.807, 2.05) is 25.1 Å². The third-order valence-corrected chi connectivity index (χ3v) is 3.92. The summed E-state index contributed by atoms with van der Waals surface area (Å²) >= 11 is 7.39. The minimum Gasteiger partial charge on any atom is -0.393 e. The predicted molar refractivity (Wildman–Crippen MR) is 79.1 cm³/mol. The number of anilines is 3. The summed E-state index contributed by atoms with van der Waals surface area (Å²) in [7, 11) is 0. The molecule has 3 aromatic rings. The van der Waals surface area contributed by atoms with Crippen molar-refractivity contribution in [3.63, 3.8) is 0 Å². The van der Waals surface area contributed by atoms with Gasteiger partial charge in [-0.25, -0.2) is 15.0 Å². The van der Waals surface area contributed by atoms with Crippen molar-refractivity contribution in [2.24, 2.45) is 0 Å². The SMILES string of the molecule is Cc1cccc2sc(Nc3ncnc(Cl)c3N)nc12. The summed E-state index contributed by atoms with van der Waals surface area (Å²) in [6, 6.07) is 6.07. The number of para-hydroxylation sites is 1. The largest absolute Gasteiger partial charge is 0.393 e. The van der Waals surface area contributed by atoms with Crippen molar-refractivity contribution in [3.05, 3.63) is 35.2 Å². The van der Waals surface area contributed by atoms with Crippen molar-refractivity contribution >= 4 is 49.8 Å². The number of nitrogens with zero attached hydrogens (tertiary/aromatic N) is 3. The van der Waals surface area contributed by atoms with Gasteiger partial charge >= 0.3 is 0 Å². The van der Waals surface area contributed by atoms with Gasteiger partial charge in [-0.2, -0.15) is 0 Å². The first-order chi connectivity index (χ1) is 9.15. The van der Waals surface area contributed by atoms with Crippen LogP contribution in [0.1, 0.15) is 5.56 Å². The highest BCUT2D eigenvalue weighted by atomic mass is 35.5. The first-order valence-electron chi connectivity index (χ1n) is 5.54. The molecule has 0 aliphatic carbocycles. The molecule has 0 amide bonds. The Bertz CT molecular complexity index is 755. The molecule has 0 saturated carbocycles. The predicted octanol–water partition coefficient (Wildman–Crippen LogP) is 3.37. The standard InChI is InChI=1S/C12H10ClN5S/c1-6-3-2-4-7-9(6)17-12(19-7)18-11-8(14)10(13)15-5-16-11/h2-5H,14H2,1H3,(H,15,16,17,18). The number of thiazole rings is 1. The van der Waals surface area contributed by atoms with Crippen LogP contribution < -0.4 is 11.1 Å².